The molecule has 3 aromatic carbocycles. The third-order valence-corrected chi connectivity index (χ3v) is 4.35. The van der Waals surface area contributed by atoms with Crippen molar-refractivity contribution in [2.75, 3.05) is 6.61 Å². The Kier molecular flexibility index (Phi) is 3.82. The summed E-state index contributed by atoms with van der Waals surface area (Å²) in [7, 11) is 0. The lowest BCUT2D eigenvalue weighted by atomic mass is 9.92. The number of aromatic carboxylic acids is 1. The third kappa shape index (κ3) is 2.92. The molecule has 0 spiro atoms. The van der Waals surface area contributed by atoms with Gasteiger partial charge in [0.2, 0.25) is 0 Å². The largest absolute Gasteiger partial charge is 0.489 e. The van der Waals surface area contributed by atoms with Gasteiger partial charge in [-0.15, -0.1) is 0 Å². The van der Waals surface area contributed by atoms with Crippen LogP contribution in [0.3, 0.4) is 0 Å². The standard InChI is InChI=1S/C22H16O3/c23-22(24)18-10-11-21-20(14-18)19(12-13-25-21)17-8-6-16(7-9-17)15-4-2-1-3-5-15/h1-12,14H,13H2,(H,23,24). The van der Waals surface area contributed by atoms with Crippen molar-refractivity contribution in [1.29, 1.82) is 0 Å². The number of carboxylic acids is 1. The lowest BCUT2D eigenvalue weighted by Crippen LogP contribution is -2.07. The molecule has 0 radical (unpaired) electrons. The SMILES string of the molecule is O=C(O)c1ccc2c(c1)C(c1ccc(-c3ccccc3)cc1)=CCO2. The number of hydrogen-bond acceptors (Lipinski definition) is 2. The summed E-state index contributed by atoms with van der Waals surface area (Å²) in [5.74, 6) is -0.221. The first-order valence-electron chi connectivity index (χ1n) is 8.09. The molecule has 0 bridgehead atoms. The van der Waals surface area contributed by atoms with Gasteiger partial charge in [-0.05, 0) is 46.5 Å². The second-order valence-electron chi connectivity index (χ2n) is 5.89. The number of hydrogen-bond donors (Lipinski definition) is 1. The third-order valence-electron chi connectivity index (χ3n) is 4.35. The van der Waals surface area contributed by atoms with E-state index in [0.29, 0.717) is 6.61 Å². The minimum atomic E-state index is -0.938. The Balaban J connectivity index is 1.72. The molecule has 3 heteroatoms. The van der Waals surface area contributed by atoms with E-state index in [1.165, 1.54) is 5.56 Å². The Morgan fingerprint density at radius 2 is 1.52 bits per heavy atom. The molecular weight excluding hydrogens is 312 g/mol. The lowest BCUT2D eigenvalue weighted by Gasteiger charge is -2.19. The van der Waals surface area contributed by atoms with Gasteiger partial charge in [-0.25, -0.2) is 4.79 Å². The Morgan fingerprint density at radius 3 is 2.24 bits per heavy atom. The summed E-state index contributed by atoms with van der Waals surface area (Å²) in [6.45, 7) is 0.481. The zero-order valence-corrected chi connectivity index (χ0v) is 13.5. The summed E-state index contributed by atoms with van der Waals surface area (Å²) in [5.41, 5.74) is 5.45. The second-order valence-corrected chi connectivity index (χ2v) is 5.89. The fourth-order valence-corrected chi connectivity index (χ4v) is 3.07. The molecule has 0 saturated carbocycles. The Labute approximate surface area is 145 Å². The smallest absolute Gasteiger partial charge is 0.335 e. The minimum absolute atomic E-state index is 0.260. The van der Waals surface area contributed by atoms with E-state index in [9.17, 15) is 9.90 Å². The first-order chi connectivity index (χ1) is 12.2. The lowest BCUT2D eigenvalue weighted by molar-refractivity contribution is 0.0697. The minimum Gasteiger partial charge on any atom is -0.489 e. The van der Waals surface area contributed by atoms with E-state index in [1.54, 1.807) is 18.2 Å². The molecule has 0 atom stereocenters. The van der Waals surface area contributed by atoms with Gasteiger partial charge in [-0.3, -0.25) is 0 Å². The summed E-state index contributed by atoms with van der Waals surface area (Å²) in [5, 5.41) is 9.25. The first kappa shape index (κ1) is 15.2. The molecule has 4 rings (SSSR count). The average Bonchev–Trinajstić information content (AvgIpc) is 2.68. The van der Waals surface area contributed by atoms with Crippen LogP contribution in [0.25, 0.3) is 16.7 Å². The zero-order chi connectivity index (χ0) is 17.2. The van der Waals surface area contributed by atoms with Crippen molar-refractivity contribution in [2.24, 2.45) is 0 Å². The number of fused-ring (bicyclic) bond motifs is 1. The van der Waals surface area contributed by atoms with Gasteiger partial charge in [0.25, 0.3) is 0 Å². The quantitative estimate of drug-likeness (QED) is 0.745. The normalized spacial score (nSPS) is 12.7. The maximum Gasteiger partial charge on any atom is 0.335 e. The van der Waals surface area contributed by atoms with E-state index in [0.717, 1.165) is 28.0 Å². The fourth-order valence-electron chi connectivity index (χ4n) is 3.07. The molecule has 0 amide bonds. The van der Waals surface area contributed by atoms with Crippen LogP contribution in [0.1, 0.15) is 21.5 Å². The van der Waals surface area contributed by atoms with Crippen LogP contribution in [0, 0.1) is 0 Å². The topological polar surface area (TPSA) is 46.5 Å². The zero-order valence-electron chi connectivity index (χ0n) is 13.5. The van der Waals surface area contributed by atoms with E-state index in [-0.39, 0.29) is 5.56 Å². The molecule has 3 aromatic rings. The van der Waals surface area contributed by atoms with Crippen LogP contribution >= 0.6 is 0 Å². The molecular formula is C22H16O3. The summed E-state index contributed by atoms with van der Waals surface area (Å²) < 4.78 is 5.63. The van der Waals surface area contributed by atoms with E-state index < -0.39 is 5.97 Å². The highest BCUT2D eigenvalue weighted by Crippen LogP contribution is 2.35. The number of ether oxygens (including phenoxy) is 1. The van der Waals surface area contributed by atoms with E-state index in [4.69, 9.17) is 4.74 Å². The van der Waals surface area contributed by atoms with Gasteiger partial charge >= 0.3 is 5.97 Å². The highest BCUT2D eigenvalue weighted by molar-refractivity contribution is 5.92. The van der Waals surface area contributed by atoms with Crippen LogP contribution < -0.4 is 4.74 Å². The maximum atomic E-state index is 11.3. The van der Waals surface area contributed by atoms with Crippen molar-refractivity contribution in [3.8, 4) is 16.9 Å². The summed E-state index contributed by atoms with van der Waals surface area (Å²) in [6.07, 6.45) is 1.99. The number of rotatable bonds is 3. The summed E-state index contributed by atoms with van der Waals surface area (Å²) in [6, 6.07) is 23.5. The number of carboxylic acid groups (broad SMARTS) is 1. The Hall–Kier alpha value is -3.33. The van der Waals surface area contributed by atoms with Crippen molar-refractivity contribution >= 4 is 11.5 Å². The molecule has 0 fully saturated rings. The van der Waals surface area contributed by atoms with Crippen LogP contribution in [0.4, 0.5) is 0 Å². The predicted molar refractivity (Wildman–Crippen MR) is 97.9 cm³/mol. The Bertz CT molecular complexity index is 954. The molecule has 25 heavy (non-hydrogen) atoms. The van der Waals surface area contributed by atoms with Gasteiger partial charge in [-0.1, -0.05) is 54.6 Å². The summed E-state index contributed by atoms with van der Waals surface area (Å²) in [4.78, 5) is 11.3. The van der Waals surface area contributed by atoms with Crippen LogP contribution in [-0.2, 0) is 0 Å². The van der Waals surface area contributed by atoms with Gasteiger partial charge in [0, 0.05) is 5.56 Å². The van der Waals surface area contributed by atoms with E-state index in [1.807, 2.05) is 24.3 Å². The van der Waals surface area contributed by atoms with Gasteiger partial charge < -0.3 is 9.84 Å². The van der Waals surface area contributed by atoms with Crippen LogP contribution in [0.5, 0.6) is 5.75 Å². The van der Waals surface area contributed by atoms with Crippen LogP contribution in [0.15, 0.2) is 78.9 Å². The Morgan fingerprint density at radius 1 is 0.840 bits per heavy atom. The molecule has 0 aliphatic carbocycles. The van der Waals surface area contributed by atoms with Gasteiger partial charge in [0.1, 0.15) is 12.4 Å². The fraction of sp³-hybridized carbons (Fsp3) is 0.0455. The molecule has 0 aromatic heterocycles. The van der Waals surface area contributed by atoms with Gasteiger partial charge in [0.15, 0.2) is 0 Å². The summed E-state index contributed by atoms with van der Waals surface area (Å²) >= 11 is 0. The molecule has 1 N–H and O–H groups in total. The predicted octanol–water partition coefficient (Wildman–Crippen LogP) is 4.88. The first-order valence-corrected chi connectivity index (χ1v) is 8.09. The van der Waals surface area contributed by atoms with Gasteiger partial charge in [-0.2, -0.15) is 0 Å². The van der Waals surface area contributed by atoms with Crippen LogP contribution in [0.2, 0.25) is 0 Å². The van der Waals surface area contributed by atoms with Crippen molar-refractivity contribution in [3.63, 3.8) is 0 Å². The number of benzene rings is 3. The molecule has 122 valence electrons. The molecule has 1 aliphatic heterocycles. The molecule has 0 unspecified atom stereocenters. The van der Waals surface area contributed by atoms with Crippen molar-refractivity contribution in [1.82, 2.24) is 0 Å². The van der Waals surface area contributed by atoms with E-state index >= 15 is 0 Å². The maximum absolute atomic E-state index is 11.3. The number of carbonyl (C=O) groups is 1. The molecule has 1 aliphatic rings. The van der Waals surface area contributed by atoms with Crippen LogP contribution in [-0.4, -0.2) is 17.7 Å². The van der Waals surface area contributed by atoms with Crippen molar-refractivity contribution < 1.29 is 14.6 Å². The molecule has 0 saturated heterocycles. The highest BCUT2D eigenvalue weighted by Gasteiger charge is 2.17. The average molecular weight is 328 g/mol. The molecule has 1 heterocycles. The van der Waals surface area contributed by atoms with Crippen molar-refractivity contribution in [3.05, 3.63) is 95.6 Å². The van der Waals surface area contributed by atoms with Gasteiger partial charge in [0.05, 0.1) is 5.56 Å². The van der Waals surface area contributed by atoms with E-state index in [2.05, 4.69) is 36.4 Å². The second kappa shape index (κ2) is 6.29. The van der Waals surface area contributed by atoms with Crippen molar-refractivity contribution in [2.45, 2.75) is 0 Å². The monoisotopic (exact) mass is 328 g/mol. The highest BCUT2D eigenvalue weighted by atomic mass is 16.5. The molecule has 3 nitrogen and oxygen atoms in total.